The van der Waals surface area contributed by atoms with Crippen LogP contribution in [0, 0.1) is 0 Å². The van der Waals surface area contributed by atoms with Crippen molar-refractivity contribution in [1.29, 1.82) is 0 Å². The number of rotatable bonds is 4. The van der Waals surface area contributed by atoms with E-state index in [1.54, 1.807) is 7.05 Å². The minimum Gasteiger partial charge on any atom is -0.318 e. The first-order valence-corrected chi connectivity index (χ1v) is 5.97. The molecule has 17 heavy (non-hydrogen) atoms. The molecule has 1 atom stereocenters. The van der Waals surface area contributed by atoms with Crippen molar-refractivity contribution in [3.8, 4) is 0 Å². The molecule has 3 heteroatoms. The van der Waals surface area contributed by atoms with Crippen molar-refractivity contribution >= 4 is 28.2 Å². The smallest absolute Gasteiger partial charge is 0.181 e. The van der Waals surface area contributed by atoms with Gasteiger partial charge in [0.25, 0.3) is 0 Å². The SMILES string of the molecule is CNCC(Cl)C(=O)c1ccc2ccccc2c1. The van der Waals surface area contributed by atoms with Crippen LogP contribution in [0.3, 0.4) is 0 Å². The van der Waals surface area contributed by atoms with Crippen molar-refractivity contribution in [3.63, 3.8) is 0 Å². The number of ketones is 1. The maximum atomic E-state index is 12.0. The molecule has 1 unspecified atom stereocenters. The predicted octanol–water partition coefficient (Wildman–Crippen LogP) is 2.85. The summed E-state index contributed by atoms with van der Waals surface area (Å²) >= 11 is 6.01. The normalized spacial score (nSPS) is 12.6. The maximum absolute atomic E-state index is 12.0. The van der Waals surface area contributed by atoms with Crippen LogP contribution < -0.4 is 5.32 Å². The molecule has 0 aromatic heterocycles. The van der Waals surface area contributed by atoms with Crippen LogP contribution in [0.2, 0.25) is 0 Å². The van der Waals surface area contributed by atoms with Gasteiger partial charge in [-0.2, -0.15) is 0 Å². The summed E-state index contributed by atoms with van der Waals surface area (Å²) in [4.78, 5) is 12.0. The molecule has 2 aromatic carbocycles. The molecule has 0 aliphatic heterocycles. The number of hydrogen-bond acceptors (Lipinski definition) is 2. The summed E-state index contributed by atoms with van der Waals surface area (Å²) in [6.07, 6.45) is 0. The van der Waals surface area contributed by atoms with Crippen LogP contribution in [-0.4, -0.2) is 24.8 Å². The maximum Gasteiger partial charge on any atom is 0.181 e. The van der Waals surface area contributed by atoms with Gasteiger partial charge in [-0.1, -0.05) is 36.4 Å². The lowest BCUT2D eigenvalue weighted by Crippen LogP contribution is -2.26. The zero-order chi connectivity index (χ0) is 12.3. The van der Waals surface area contributed by atoms with Gasteiger partial charge < -0.3 is 5.32 Å². The van der Waals surface area contributed by atoms with E-state index >= 15 is 0 Å². The molecule has 0 radical (unpaired) electrons. The molecule has 1 N–H and O–H groups in total. The van der Waals surface area contributed by atoms with Crippen LogP contribution in [0.4, 0.5) is 0 Å². The fourth-order valence-electron chi connectivity index (χ4n) is 1.80. The van der Waals surface area contributed by atoms with Gasteiger partial charge in [0.05, 0.1) is 0 Å². The highest BCUT2D eigenvalue weighted by Crippen LogP contribution is 2.17. The van der Waals surface area contributed by atoms with E-state index in [2.05, 4.69) is 5.32 Å². The monoisotopic (exact) mass is 247 g/mol. The lowest BCUT2D eigenvalue weighted by Gasteiger charge is -2.08. The van der Waals surface area contributed by atoms with Gasteiger partial charge in [-0.05, 0) is 23.9 Å². The van der Waals surface area contributed by atoms with Crippen molar-refractivity contribution in [1.82, 2.24) is 5.32 Å². The number of benzene rings is 2. The molecule has 0 saturated carbocycles. The Hall–Kier alpha value is -1.38. The molecular weight excluding hydrogens is 234 g/mol. The average molecular weight is 248 g/mol. The number of nitrogens with one attached hydrogen (secondary N) is 1. The Labute approximate surface area is 106 Å². The number of hydrogen-bond donors (Lipinski definition) is 1. The molecule has 0 aliphatic rings. The Bertz CT molecular complexity index is 538. The van der Waals surface area contributed by atoms with Gasteiger partial charge in [0, 0.05) is 12.1 Å². The van der Waals surface area contributed by atoms with Crippen molar-refractivity contribution in [2.24, 2.45) is 0 Å². The Kier molecular flexibility index (Phi) is 3.77. The first-order valence-electron chi connectivity index (χ1n) is 5.54. The Morgan fingerprint density at radius 3 is 2.65 bits per heavy atom. The Balaban J connectivity index is 2.33. The first kappa shape index (κ1) is 12.1. The standard InChI is InChI=1S/C14H14ClNO/c1-16-9-13(15)14(17)12-7-6-10-4-2-3-5-11(10)8-12/h2-8,13,16H,9H2,1H3. The Morgan fingerprint density at radius 1 is 1.24 bits per heavy atom. The minimum absolute atomic E-state index is 0.0354. The zero-order valence-corrected chi connectivity index (χ0v) is 10.4. The van der Waals surface area contributed by atoms with Crippen LogP contribution in [-0.2, 0) is 0 Å². The third-order valence-corrected chi connectivity index (χ3v) is 3.05. The number of carbonyl (C=O) groups is 1. The lowest BCUT2D eigenvalue weighted by atomic mass is 10.0. The number of fused-ring (bicyclic) bond motifs is 1. The van der Waals surface area contributed by atoms with E-state index in [0.29, 0.717) is 12.1 Å². The highest BCUT2D eigenvalue weighted by atomic mass is 35.5. The summed E-state index contributed by atoms with van der Waals surface area (Å²) in [6.45, 7) is 0.479. The summed E-state index contributed by atoms with van der Waals surface area (Å²) in [6, 6.07) is 13.6. The molecule has 2 nitrogen and oxygen atoms in total. The molecule has 88 valence electrons. The molecule has 2 aromatic rings. The summed E-state index contributed by atoms with van der Waals surface area (Å²) in [7, 11) is 1.78. The molecular formula is C14H14ClNO. The van der Waals surface area contributed by atoms with Gasteiger partial charge in [-0.3, -0.25) is 4.79 Å². The second-order valence-corrected chi connectivity index (χ2v) is 4.48. The summed E-state index contributed by atoms with van der Waals surface area (Å²) < 4.78 is 0. The van der Waals surface area contributed by atoms with E-state index in [4.69, 9.17) is 11.6 Å². The minimum atomic E-state index is -0.513. The fourth-order valence-corrected chi connectivity index (χ4v) is 2.08. The van der Waals surface area contributed by atoms with E-state index in [9.17, 15) is 4.79 Å². The van der Waals surface area contributed by atoms with E-state index in [0.717, 1.165) is 10.8 Å². The summed E-state index contributed by atoms with van der Waals surface area (Å²) in [5, 5.41) is 4.58. The molecule has 0 aliphatic carbocycles. The number of carbonyl (C=O) groups excluding carboxylic acids is 1. The number of Topliss-reactive ketones (excluding diaryl/α,β-unsaturated/α-hetero) is 1. The van der Waals surface area contributed by atoms with E-state index in [1.165, 1.54) is 0 Å². The van der Waals surface area contributed by atoms with Crippen molar-refractivity contribution in [2.45, 2.75) is 5.38 Å². The van der Waals surface area contributed by atoms with E-state index in [-0.39, 0.29) is 5.78 Å². The topological polar surface area (TPSA) is 29.1 Å². The highest BCUT2D eigenvalue weighted by molar-refractivity contribution is 6.34. The van der Waals surface area contributed by atoms with Gasteiger partial charge in [0.15, 0.2) is 5.78 Å². The third kappa shape index (κ3) is 2.65. The summed E-state index contributed by atoms with van der Waals surface area (Å²) in [5.74, 6) is -0.0354. The highest BCUT2D eigenvalue weighted by Gasteiger charge is 2.16. The van der Waals surface area contributed by atoms with Crippen LogP contribution in [0.25, 0.3) is 10.8 Å². The lowest BCUT2D eigenvalue weighted by molar-refractivity contribution is 0.0987. The number of alkyl halides is 1. The molecule has 0 heterocycles. The molecule has 0 bridgehead atoms. The van der Waals surface area contributed by atoms with Crippen LogP contribution >= 0.6 is 11.6 Å². The van der Waals surface area contributed by atoms with Crippen molar-refractivity contribution in [3.05, 3.63) is 48.0 Å². The summed E-state index contributed by atoms with van der Waals surface area (Å²) in [5.41, 5.74) is 0.666. The second-order valence-electron chi connectivity index (χ2n) is 3.95. The van der Waals surface area contributed by atoms with E-state index < -0.39 is 5.38 Å². The van der Waals surface area contributed by atoms with Crippen LogP contribution in [0.1, 0.15) is 10.4 Å². The van der Waals surface area contributed by atoms with Crippen molar-refractivity contribution in [2.75, 3.05) is 13.6 Å². The molecule has 0 saturated heterocycles. The molecule has 2 rings (SSSR count). The van der Waals surface area contributed by atoms with Gasteiger partial charge >= 0.3 is 0 Å². The van der Waals surface area contributed by atoms with Gasteiger partial charge in [0.1, 0.15) is 5.38 Å². The van der Waals surface area contributed by atoms with Crippen LogP contribution in [0.15, 0.2) is 42.5 Å². The van der Waals surface area contributed by atoms with Crippen LogP contribution in [0.5, 0.6) is 0 Å². The largest absolute Gasteiger partial charge is 0.318 e. The van der Waals surface area contributed by atoms with Gasteiger partial charge in [0.2, 0.25) is 0 Å². The van der Waals surface area contributed by atoms with Crippen molar-refractivity contribution < 1.29 is 4.79 Å². The molecule has 0 amide bonds. The van der Waals surface area contributed by atoms with Gasteiger partial charge in [-0.25, -0.2) is 0 Å². The van der Waals surface area contributed by atoms with Gasteiger partial charge in [-0.15, -0.1) is 11.6 Å². The zero-order valence-electron chi connectivity index (χ0n) is 9.61. The quantitative estimate of drug-likeness (QED) is 0.665. The first-order chi connectivity index (χ1) is 8.22. The third-order valence-electron chi connectivity index (χ3n) is 2.70. The predicted molar refractivity (Wildman–Crippen MR) is 71.8 cm³/mol. The fraction of sp³-hybridized carbons (Fsp3) is 0.214. The number of halogens is 1. The second kappa shape index (κ2) is 5.30. The molecule has 0 fully saturated rings. The average Bonchev–Trinajstić information content (AvgIpc) is 2.37. The Morgan fingerprint density at radius 2 is 1.94 bits per heavy atom. The molecule has 0 spiro atoms. The van der Waals surface area contributed by atoms with E-state index in [1.807, 2.05) is 42.5 Å².